The molecule has 3 aliphatic heterocycles. The Morgan fingerprint density at radius 3 is 2.56 bits per heavy atom. The highest BCUT2D eigenvalue weighted by Crippen LogP contribution is 2.33. The summed E-state index contributed by atoms with van der Waals surface area (Å²) in [7, 11) is 1.75. The number of hydrogen-bond acceptors (Lipinski definition) is 4. The van der Waals surface area contributed by atoms with E-state index in [0.717, 1.165) is 38.9 Å². The van der Waals surface area contributed by atoms with Gasteiger partial charge in [0.1, 0.15) is 0 Å². The topological polar surface area (TPSA) is 53.1 Å². The molecule has 146 valence electrons. The van der Waals surface area contributed by atoms with Crippen molar-refractivity contribution in [2.45, 2.75) is 37.8 Å². The molecule has 1 atom stereocenters. The predicted molar refractivity (Wildman–Crippen MR) is 102 cm³/mol. The Balaban J connectivity index is 1.23. The Hall–Kier alpha value is -2.08. The van der Waals surface area contributed by atoms with Crippen molar-refractivity contribution in [3.63, 3.8) is 0 Å². The Kier molecular flexibility index (Phi) is 5.08. The van der Waals surface area contributed by atoms with Crippen molar-refractivity contribution < 1.29 is 14.3 Å². The largest absolute Gasteiger partial charge is 0.439 e. The summed E-state index contributed by atoms with van der Waals surface area (Å²) in [6.07, 6.45) is 3.27. The summed E-state index contributed by atoms with van der Waals surface area (Å²) in [5.41, 5.74) is 0.881. The molecule has 0 aromatic heterocycles. The van der Waals surface area contributed by atoms with Crippen LogP contribution >= 0.6 is 0 Å². The monoisotopic (exact) mass is 371 g/mol. The van der Waals surface area contributed by atoms with Gasteiger partial charge in [0.15, 0.2) is 5.60 Å². The van der Waals surface area contributed by atoms with Gasteiger partial charge in [-0.05, 0) is 37.4 Å². The van der Waals surface area contributed by atoms with Crippen LogP contribution in [-0.2, 0) is 16.1 Å². The van der Waals surface area contributed by atoms with Crippen LogP contribution in [0.5, 0.6) is 0 Å². The second-order valence-corrected chi connectivity index (χ2v) is 8.38. The predicted octanol–water partition coefficient (Wildman–Crippen LogP) is 2.34. The van der Waals surface area contributed by atoms with E-state index in [1.165, 1.54) is 5.56 Å². The van der Waals surface area contributed by atoms with E-state index in [2.05, 4.69) is 29.2 Å². The van der Waals surface area contributed by atoms with Crippen LogP contribution in [0.3, 0.4) is 0 Å². The molecule has 0 aliphatic carbocycles. The average Bonchev–Trinajstić information content (AvgIpc) is 3.20. The molecule has 4 rings (SSSR count). The summed E-state index contributed by atoms with van der Waals surface area (Å²) in [6.45, 7) is 4.95. The number of likely N-dealkylation sites (N-methyl/N-ethyl adjacent to an activating group) is 1. The van der Waals surface area contributed by atoms with E-state index < -0.39 is 5.60 Å². The molecule has 1 aromatic carbocycles. The normalized spacial score (nSPS) is 26.8. The summed E-state index contributed by atoms with van der Waals surface area (Å²) < 4.78 is 5.55. The summed E-state index contributed by atoms with van der Waals surface area (Å²) in [6, 6.07) is 10.6. The van der Waals surface area contributed by atoms with Gasteiger partial charge in [0.25, 0.3) is 0 Å². The van der Waals surface area contributed by atoms with Gasteiger partial charge in [0.2, 0.25) is 5.91 Å². The van der Waals surface area contributed by atoms with Crippen molar-refractivity contribution >= 4 is 12.0 Å². The van der Waals surface area contributed by atoms with Gasteiger partial charge >= 0.3 is 6.09 Å². The smallest absolute Gasteiger partial charge is 0.410 e. The third-order valence-electron chi connectivity index (χ3n) is 6.23. The molecule has 6 nitrogen and oxygen atoms in total. The third-order valence-corrected chi connectivity index (χ3v) is 6.23. The van der Waals surface area contributed by atoms with E-state index >= 15 is 0 Å². The maximum Gasteiger partial charge on any atom is 0.410 e. The minimum atomic E-state index is -0.472. The van der Waals surface area contributed by atoms with Gasteiger partial charge in [-0.25, -0.2) is 4.79 Å². The lowest BCUT2D eigenvalue weighted by atomic mass is 9.92. The van der Waals surface area contributed by atoms with Crippen molar-refractivity contribution in [3.05, 3.63) is 35.9 Å². The fourth-order valence-electron chi connectivity index (χ4n) is 4.63. The molecule has 2 amide bonds. The molecular weight excluding hydrogens is 342 g/mol. The minimum Gasteiger partial charge on any atom is -0.439 e. The molecule has 0 radical (unpaired) electrons. The molecule has 6 heteroatoms. The minimum absolute atomic E-state index is 0.221. The van der Waals surface area contributed by atoms with Crippen LogP contribution in [0.4, 0.5) is 4.79 Å². The number of benzene rings is 1. The zero-order chi connectivity index (χ0) is 18.9. The first-order valence-corrected chi connectivity index (χ1v) is 10.0. The number of carbonyl (C=O) groups is 2. The SMILES string of the molecule is CN1CC2(CCN(C(=O)CC3CCN(Cc4ccccc4)CC3)C2)OC1=O. The molecule has 3 heterocycles. The quantitative estimate of drug-likeness (QED) is 0.815. The summed E-state index contributed by atoms with van der Waals surface area (Å²) in [5.74, 6) is 0.689. The fourth-order valence-corrected chi connectivity index (χ4v) is 4.63. The van der Waals surface area contributed by atoms with Crippen LogP contribution in [0.15, 0.2) is 30.3 Å². The van der Waals surface area contributed by atoms with E-state index in [1.54, 1.807) is 11.9 Å². The summed E-state index contributed by atoms with van der Waals surface area (Å²) in [4.78, 5) is 30.4. The molecule has 3 fully saturated rings. The zero-order valence-electron chi connectivity index (χ0n) is 16.1. The van der Waals surface area contributed by atoms with E-state index in [0.29, 0.717) is 32.0 Å². The Bertz CT molecular complexity index is 687. The maximum atomic E-state index is 12.7. The van der Waals surface area contributed by atoms with Gasteiger partial charge in [-0.1, -0.05) is 30.3 Å². The highest BCUT2D eigenvalue weighted by molar-refractivity contribution is 5.77. The van der Waals surface area contributed by atoms with Crippen LogP contribution < -0.4 is 0 Å². The Morgan fingerprint density at radius 2 is 1.89 bits per heavy atom. The highest BCUT2D eigenvalue weighted by Gasteiger charge is 2.49. The first kappa shape index (κ1) is 18.3. The number of carbonyl (C=O) groups excluding carboxylic acids is 2. The van der Waals surface area contributed by atoms with Gasteiger partial charge in [0.05, 0.1) is 13.1 Å². The molecular formula is C21H29N3O3. The van der Waals surface area contributed by atoms with Gasteiger partial charge in [-0.3, -0.25) is 9.69 Å². The molecule has 3 saturated heterocycles. The Labute approximate surface area is 161 Å². The average molecular weight is 371 g/mol. The van der Waals surface area contributed by atoms with Crippen molar-refractivity contribution in [1.82, 2.24) is 14.7 Å². The van der Waals surface area contributed by atoms with Gasteiger partial charge in [-0.2, -0.15) is 0 Å². The lowest BCUT2D eigenvalue weighted by Crippen LogP contribution is -2.40. The number of amides is 2. The van der Waals surface area contributed by atoms with Crippen LogP contribution in [0.2, 0.25) is 0 Å². The second kappa shape index (κ2) is 7.50. The molecule has 1 unspecified atom stereocenters. The molecule has 3 aliphatic rings. The number of hydrogen-bond donors (Lipinski definition) is 0. The Morgan fingerprint density at radius 1 is 1.15 bits per heavy atom. The van der Waals surface area contributed by atoms with E-state index in [4.69, 9.17) is 4.74 Å². The first-order chi connectivity index (χ1) is 13.0. The molecule has 0 bridgehead atoms. The van der Waals surface area contributed by atoms with Gasteiger partial charge in [-0.15, -0.1) is 0 Å². The number of ether oxygens (including phenoxy) is 1. The fraction of sp³-hybridized carbons (Fsp3) is 0.619. The number of nitrogens with zero attached hydrogens (tertiary/aromatic N) is 3. The lowest BCUT2D eigenvalue weighted by molar-refractivity contribution is -0.132. The van der Waals surface area contributed by atoms with E-state index in [-0.39, 0.29) is 12.0 Å². The van der Waals surface area contributed by atoms with Crippen molar-refractivity contribution in [2.24, 2.45) is 5.92 Å². The zero-order valence-corrected chi connectivity index (χ0v) is 16.1. The summed E-state index contributed by atoms with van der Waals surface area (Å²) in [5, 5.41) is 0. The van der Waals surface area contributed by atoms with E-state index in [9.17, 15) is 9.59 Å². The maximum absolute atomic E-state index is 12.7. The molecule has 1 aromatic rings. The van der Waals surface area contributed by atoms with Gasteiger partial charge < -0.3 is 14.5 Å². The van der Waals surface area contributed by atoms with E-state index in [1.807, 2.05) is 11.0 Å². The molecule has 0 saturated carbocycles. The van der Waals surface area contributed by atoms with Crippen LogP contribution in [-0.4, -0.2) is 72.1 Å². The van der Waals surface area contributed by atoms with Crippen molar-refractivity contribution in [3.8, 4) is 0 Å². The summed E-state index contributed by atoms with van der Waals surface area (Å²) >= 11 is 0. The number of rotatable bonds is 4. The van der Waals surface area contributed by atoms with Crippen molar-refractivity contribution in [2.75, 3.05) is 39.8 Å². The van der Waals surface area contributed by atoms with Crippen molar-refractivity contribution in [1.29, 1.82) is 0 Å². The van der Waals surface area contributed by atoms with Crippen LogP contribution in [0.25, 0.3) is 0 Å². The molecule has 1 spiro atoms. The number of likely N-dealkylation sites (tertiary alicyclic amines) is 2. The van der Waals surface area contributed by atoms with Crippen LogP contribution in [0.1, 0.15) is 31.2 Å². The number of piperidine rings is 1. The third kappa shape index (κ3) is 4.10. The first-order valence-electron chi connectivity index (χ1n) is 10.0. The second-order valence-electron chi connectivity index (χ2n) is 8.38. The lowest BCUT2D eigenvalue weighted by Gasteiger charge is -2.32. The van der Waals surface area contributed by atoms with Crippen LogP contribution in [0, 0.1) is 5.92 Å². The van der Waals surface area contributed by atoms with Gasteiger partial charge in [0, 0.05) is 33.0 Å². The molecule has 27 heavy (non-hydrogen) atoms. The highest BCUT2D eigenvalue weighted by atomic mass is 16.6. The molecule has 0 N–H and O–H groups in total. The standard InChI is InChI=1S/C21H29N3O3/c1-22-15-21(27-20(22)26)9-12-24(16-21)19(25)13-17-7-10-23(11-8-17)14-18-5-3-2-4-6-18/h2-6,17H,7-16H2,1H3.